The number of hydrogen-bond acceptors (Lipinski definition) is 1. The third-order valence-electron chi connectivity index (χ3n) is 7.56. The minimum atomic E-state index is 0.119. The molecule has 0 N–H and O–H groups in total. The first-order valence-electron chi connectivity index (χ1n) is 9.03. The molecule has 2 saturated carbocycles. The van der Waals surface area contributed by atoms with E-state index in [1.165, 1.54) is 44.1 Å². The van der Waals surface area contributed by atoms with Crippen molar-refractivity contribution in [2.75, 3.05) is 0 Å². The first kappa shape index (κ1) is 15.6. The van der Waals surface area contributed by atoms with Gasteiger partial charge in [0, 0.05) is 0 Å². The minimum absolute atomic E-state index is 0.119. The summed E-state index contributed by atoms with van der Waals surface area (Å²) < 4.78 is 6.62. The summed E-state index contributed by atoms with van der Waals surface area (Å²) in [6.07, 6.45) is 10.7. The molecule has 0 aromatic heterocycles. The summed E-state index contributed by atoms with van der Waals surface area (Å²) >= 11 is 0. The van der Waals surface area contributed by atoms with Gasteiger partial charge in [-0.15, -0.1) is 0 Å². The summed E-state index contributed by atoms with van der Waals surface area (Å²) in [5, 5.41) is 0. The Bertz CT molecular complexity index is 449. The van der Waals surface area contributed by atoms with Crippen molar-refractivity contribution in [3.8, 4) is 0 Å². The molecule has 2 aliphatic carbocycles. The minimum Gasteiger partial charge on any atom is -0.367 e. The van der Waals surface area contributed by atoms with Crippen molar-refractivity contribution < 1.29 is 4.74 Å². The lowest BCUT2D eigenvalue weighted by Gasteiger charge is -2.60. The molecule has 0 bridgehead atoms. The van der Waals surface area contributed by atoms with Gasteiger partial charge in [-0.05, 0) is 81.1 Å². The summed E-state index contributed by atoms with van der Waals surface area (Å²) in [4.78, 5) is 0. The Morgan fingerprint density at radius 3 is 2.43 bits per heavy atom. The van der Waals surface area contributed by atoms with Gasteiger partial charge in [-0.2, -0.15) is 0 Å². The number of rotatable bonds is 1. The SMILES string of the molecule is C/C=C(\C)[C@@H]1C[C@@H]2[C@@]3(C)CCCC(C)(C)[C@@H]3CC[C@@]2(C)O1. The van der Waals surface area contributed by atoms with E-state index in [0.29, 0.717) is 16.9 Å². The Kier molecular flexibility index (Phi) is 3.60. The normalized spacial score (nSPS) is 49.6. The van der Waals surface area contributed by atoms with Crippen molar-refractivity contribution >= 4 is 0 Å². The van der Waals surface area contributed by atoms with Crippen LogP contribution in [-0.2, 0) is 4.74 Å². The largest absolute Gasteiger partial charge is 0.367 e. The number of ether oxygens (including phenoxy) is 1. The van der Waals surface area contributed by atoms with Crippen LogP contribution in [0.25, 0.3) is 0 Å². The third-order valence-corrected chi connectivity index (χ3v) is 7.56. The van der Waals surface area contributed by atoms with E-state index in [0.717, 1.165) is 11.8 Å². The van der Waals surface area contributed by atoms with Crippen molar-refractivity contribution in [3.05, 3.63) is 11.6 Å². The molecule has 3 aliphatic rings. The van der Waals surface area contributed by atoms with E-state index in [4.69, 9.17) is 4.74 Å². The molecule has 0 spiro atoms. The Labute approximate surface area is 131 Å². The van der Waals surface area contributed by atoms with E-state index in [2.05, 4.69) is 47.6 Å². The molecule has 0 aromatic carbocycles. The van der Waals surface area contributed by atoms with Crippen LogP contribution >= 0.6 is 0 Å². The van der Waals surface area contributed by atoms with Crippen LogP contribution in [-0.4, -0.2) is 11.7 Å². The topological polar surface area (TPSA) is 9.23 Å². The van der Waals surface area contributed by atoms with Gasteiger partial charge in [-0.3, -0.25) is 0 Å². The zero-order valence-electron chi connectivity index (χ0n) is 15.0. The summed E-state index contributed by atoms with van der Waals surface area (Å²) in [6.45, 7) is 14.4. The molecule has 1 nitrogen and oxygen atoms in total. The fourth-order valence-electron chi connectivity index (χ4n) is 6.32. The second-order valence-electron chi connectivity index (χ2n) is 9.18. The van der Waals surface area contributed by atoms with Crippen LogP contribution in [0.4, 0.5) is 0 Å². The predicted molar refractivity (Wildman–Crippen MR) is 89.3 cm³/mol. The molecule has 0 amide bonds. The second kappa shape index (κ2) is 4.85. The van der Waals surface area contributed by atoms with E-state index in [1.807, 2.05) is 0 Å². The first-order chi connectivity index (χ1) is 9.73. The molecule has 1 aliphatic heterocycles. The quantitative estimate of drug-likeness (QED) is 0.559. The van der Waals surface area contributed by atoms with Gasteiger partial charge in [-0.25, -0.2) is 0 Å². The van der Waals surface area contributed by atoms with Crippen LogP contribution in [0.5, 0.6) is 0 Å². The molecule has 3 fully saturated rings. The molecule has 1 saturated heterocycles. The Hall–Kier alpha value is -0.300. The molecule has 1 heterocycles. The summed E-state index contributed by atoms with van der Waals surface area (Å²) in [5.74, 6) is 1.62. The Morgan fingerprint density at radius 2 is 1.76 bits per heavy atom. The lowest BCUT2D eigenvalue weighted by molar-refractivity contribution is -0.152. The van der Waals surface area contributed by atoms with Gasteiger partial charge in [-0.1, -0.05) is 33.3 Å². The van der Waals surface area contributed by atoms with Crippen molar-refractivity contribution in [3.63, 3.8) is 0 Å². The predicted octanol–water partition coefficient (Wildman–Crippen LogP) is 5.74. The molecule has 3 rings (SSSR count). The van der Waals surface area contributed by atoms with Crippen molar-refractivity contribution in [2.45, 2.75) is 91.8 Å². The molecular weight excluding hydrogens is 256 g/mol. The molecule has 0 aromatic rings. The van der Waals surface area contributed by atoms with Gasteiger partial charge < -0.3 is 4.74 Å². The first-order valence-corrected chi connectivity index (χ1v) is 9.03. The fraction of sp³-hybridized carbons (Fsp3) is 0.900. The van der Waals surface area contributed by atoms with Crippen LogP contribution in [0.15, 0.2) is 11.6 Å². The number of fused-ring (bicyclic) bond motifs is 3. The standard InChI is InChI=1S/C20H34O/c1-7-14(2)15-13-17-19(5)11-8-10-18(3,4)16(19)9-12-20(17,6)21-15/h7,15-17H,8-13H2,1-6H3/b14-7+/t15-,16-,17+,19-,20+/m0/s1. The highest BCUT2D eigenvalue weighted by Gasteiger charge is 2.61. The Balaban J connectivity index is 1.94. The second-order valence-corrected chi connectivity index (χ2v) is 9.18. The molecule has 120 valence electrons. The van der Waals surface area contributed by atoms with Crippen molar-refractivity contribution in [2.24, 2.45) is 22.7 Å². The van der Waals surface area contributed by atoms with Crippen LogP contribution < -0.4 is 0 Å². The molecule has 0 radical (unpaired) electrons. The maximum Gasteiger partial charge on any atom is 0.0793 e. The molecule has 1 heteroatoms. The Morgan fingerprint density at radius 1 is 1.05 bits per heavy atom. The van der Waals surface area contributed by atoms with E-state index in [1.54, 1.807) is 0 Å². The van der Waals surface area contributed by atoms with E-state index in [9.17, 15) is 0 Å². The smallest absolute Gasteiger partial charge is 0.0793 e. The third kappa shape index (κ3) is 2.22. The van der Waals surface area contributed by atoms with Gasteiger partial charge >= 0.3 is 0 Å². The molecule has 21 heavy (non-hydrogen) atoms. The summed E-state index contributed by atoms with van der Waals surface area (Å²) in [5.41, 5.74) is 2.55. The fourth-order valence-corrected chi connectivity index (χ4v) is 6.32. The molecule has 5 atom stereocenters. The van der Waals surface area contributed by atoms with Gasteiger partial charge in [0.25, 0.3) is 0 Å². The van der Waals surface area contributed by atoms with Crippen molar-refractivity contribution in [1.29, 1.82) is 0 Å². The zero-order valence-corrected chi connectivity index (χ0v) is 15.0. The average Bonchev–Trinajstić information content (AvgIpc) is 2.76. The summed E-state index contributed by atoms with van der Waals surface area (Å²) in [6, 6.07) is 0. The van der Waals surface area contributed by atoms with Gasteiger partial charge in [0.05, 0.1) is 11.7 Å². The highest BCUT2D eigenvalue weighted by molar-refractivity contribution is 5.16. The lowest BCUT2D eigenvalue weighted by Crippen LogP contribution is -2.55. The maximum atomic E-state index is 6.62. The van der Waals surface area contributed by atoms with Gasteiger partial charge in [0.1, 0.15) is 0 Å². The maximum absolute atomic E-state index is 6.62. The van der Waals surface area contributed by atoms with Crippen LogP contribution in [0, 0.1) is 22.7 Å². The average molecular weight is 290 g/mol. The number of allylic oxidation sites excluding steroid dienone is 1. The lowest BCUT2D eigenvalue weighted by atomic mass is 9.45. The van der Waals surface area contributed by atoms with Gasteiger partial charge in [0.15, 0.2) is 0 Å². The zero-order chi connectivity index (χ0) is 15.5. The highest BCUT2D eigenvalue weighted by atomic mass is 16.5. The van der Waals surface area contributed by atoms with E-state index in [-0.39, 0.29) is 5.60 Å². The number of hydrogen-bond donors (Lipinski definition) is 0. The van der Waals surface area contributed by atoms with E-state index >= 15 is 0 Å². The summed E-state index contributed by atoms with van der Waals surface area (Å²) in [7, 11) is 0. The highest BCUT2D eigenvalue weighted by Crippen LogP contribution is 2.65. The van der Waals surface area contributed by atoms with E-state index < -0.39 is 0 Å². The van der Waals surface area contributed by atoms with Gasteiger partial charge in [0.2, 0.25) is 0 Å². The van der Waals surface area contributed by atoms with Crippen LogP contribution in [0.2, 0.25) is 0 Å². The van der Waals surface area contributed by atoms with Crippen LogP contribution in [0.1, 0.15) is 80.1 Å². The monoisotopic (exact) mass is 290 g/mol. The van der Waals surface area contributed by atoms with Crippen LogP contribution in [0.3, 0.4) is 0 Å². The molecular formula is C20H34O. The van der Waals surface area contributed by atoms with Crippen molar-refractivity contribution in [1.82, 2.24) is 0 Å². The molecule has 0 unspecified atom stereocenters.